The first-order valence-electron chi connectivity index (χ1n) is 9.96. The van der Waals surface area contributed by atoms with Crippen LogP contribution in [0.1, 0.15) is 55.1 Å². The van der Waals surface area contributed by atoms with E-state index in [0.717, 1.165) is 48.8 Å². The van der Waals surface area contributed by atoms with Crippen LogP contribution >= 0.6 is 0 Å². The molecule has 0 saturated carbocycles. The zero-order valence-electron chi connectivity index (χ0n) is 16.2. The third-order valence-corrected chi connectivity index (χ3v) is 5.70. The molecule has 2 atom stereocenters. The van der Waals surface area contributed by atoms with Crippen LogP contribution in [0.25, 0.3) is 0 Å². The second-order valence-corrected chi connectivity index (χ2v) is 7.74. The summed E-state index contributed by atoms with van der Waals surface area (Å²) < 4.78 is 2.03. The lowest BCUT2D eigenvalue weighted by Crippen LogP contribution is -2.40. The molecule has 2 aromatic heterocycles. The lowest BCUT2D eigenvalue weighted by molar-refractivity contribution is -0.136. The molecule has 2 aliphatic rings. The highest BCUT2D eigenvalue weighted by molar-refractivity contribution is 5.78. The van der Waals surface area contributed by atoms with Gasteiger partial charge in [0.25, 0.3) is 0 Å². The molecule has 7 heteroatoms. The van der Waals surface area contributed by atoms with E-state index in [9.17, 15) is 4.79 Å². The molecule has 2 aromatic rings. The van der Waals surface area contributed by atoms with Gasteiger partial charge in [0.2, 0.25) is 5.91 Å². The molecule has 0 aliphatic carbocycles. The van der Waals surface area contributed by atoms with E-state index in [4.69, 9.17) is 4.98 Å². The van der Waals surface area contributed by atoms with E-state index in [-0.39, 0.29) is 17.9 Å². The van der Waals surface area contributed by atoms with Crippen molar-refractivity contribution in [2.75, 3.05) is 13.1 Å². The smallest absolute Gasteiger partial charge is 0.227 e. The first-order valence-corrected chi connectivity index (χ1v) is 9.96. The van der Waals surface area contributed by atoms with Crippen molar-refractivity contribution in [2.24, 2.45) is 5.92 Å². The van der Waals surface area contributed by atoms with E-state index in [1.165, 1.54) is 12.8 Å². The SMILES string of the molecule is Cc1nccn1C[C@H](C)C(=O)N1CCc2nc([C@H]3CCCCN3)ncc2C1. The largest absolute Gasteiger partial charge is 0.338 e. The molecule has 2 aliphatic heterocycles. The maximum atomic E-state index is 12.9. The minimum Gasteiger partial charge on any atom is -0.338 e. The minimum atomic E-state index is -0.0777. The van der Waals surface area contributed by atoms with Crippen molar-refractivity contribution < 1.29 is 4.79 Å². The highest BCUT2D eigenvalue weighted by Crippen LogP contribution is 2.24. The Hall–Kier alpha value is -2.28. The summed E-state index contributed by atoms with van der Waals surface area (Å²) in [6.07, 6.45) is 10.0. The number of piperidine rings is 1. The summed E-state index contributed by atoms with van der Waals surface area (Å²) in [5, 5.41) is 3.51. The van der Waals surface area contributed by atoms with E-state index in [1.807, 2.05) is 35.7 Å². The number of nitrogens with zero attached hydrogens (tertiary/aromatic N) is 5. The fraction of sp³-hybridized carbons (Fsp3) is 0.600. The van der Waals surface area contributed by atoms with Crippen molar-refractivity contribution in [2.45, 2.75) is 58.7 Å². The molecule has 1 saturated heterocycles. The van der Waals surface area contributed by atoms with Crippen LogP contribution in [0, 0.1) is 12.8 Å². The lowest BCUT2D eigenvalue weighted by Gasteiger charge is -2.31. The van der Waals surface area contributed by atoms with Crippen molar-refractivity contribution in [3.05, 3.63) is 41.5 Å². The van der Waals surface area contributed by atoms with Gasteiger partial charge in [0.1, 0.15) is 11.6 Å². The Morgan fingerprint density at radius 1 is 1.37 bits per heavy atom. The summed E-state index contributed by atoms with van der Waals surface area (Å²) >= 11 is 0. The third-order valence-electron chi connectivity index (χ3n) is 5.70. The molecule has 7 nitrogen and oxygen atoms in total. The van der Waals surface area contributed by atoms with E-state index in [2.05, 4.69) is 15.3 Å². The Morgan fingerprint density at radius 3 is 3.00 bits per heavy atom. The van der Waals surface area contributed by atoms with Crippen LogP contribution in [-0.4, -0.2) is 43.4 Å². The zero-order chi connectivity index (χ0) is 18.8. The molecular formula is C20H28N6O. The fourth-order valence-electron chi connectivity index (χ4n) is 4.04. The van der Waals surface area contributed by atoms with Gasteiger partial charge >= 0.3 is 0 Å². The van der Waals surface area contributed by atoms with Crippen molar-refractivity contribution in [3.63, 3.8) is 0 Å². The van der Waals surface area contributed by atoms with Crippen LogP contribution in [0.2, 0.25) is 0 Å². The average molecular weight is 368 g/mol. The van der Waals surface area contributed by atoms with Gasteiger partial charge in [-0.3, -0.25) is 4.79 Å². The summed E-state index contributed by atoms with van der Waals surface area (Å²) in [5.41, 5.74) is 2.19. The molecule has 0 bridgehead atoms. The topological polar surface area (TPSA) is 75.9 Å². The quantitative estimate of drug-likeness (QED) is 0.893. The van der Waals surface area contributed by atoms with Crippen LogP contribution in [0.15, 0.2) is 18.6 Å². The van der Waals surface area contributed by atoms with Gasteiger partial charge in [-0.05, 0) is 26.3 Å². The molecular weight excluding hydrogens is 340 g/mol. The van der Waals surface area contributed by atoms with Crippen molar-refractivity contribution in [1.82, 2.24) is 29.7 Å². The lowest BCUT2D eigenvalue weighted by atomic mass is 10.0. The number of fused-ring (bicyclic) bond motifs is 1. The number of nitrogens with one attached hydrogen (secondary N) is 1. The maximum Gasteiger partial charge on any atom is 0.227 e. The van der Waals surface area contributed by atoms with Gasteiger partial charge in [0.15, 0.2) is 0 Å². The highest BCUT2D eigenvalue weighted by atomic mass is 16.2. The predicted octanol–water partition coefficient (Wildman–Crippen LogP) is 2.02. The molecule has 4 rings (SSSR count). The van der Waals surface area contributed by atoms with Crippen LogP contribution in [-0.2, 0) is 24.3 Å². The Morgan fingerprint density at radius 2 is 2.26 bits per heavy atom. The molecule has 1 amide bonds. The average Bonchev–Trinajstić information content (AvgIpc) is 3.11. The van der Waals surface area contributed by atoms with Crippen molar-refractivity contribution in [1.29, 1.82) is 0 Å². The minimum absolute atomic E-state index is 0.0777. The molecule has 0 radical (unpaired) electrons. The third kappa shape index (κ3) is 3.88. The molecule has 0 aromatic carbocycles. The van der Waals surface area contributed by atoms with Crippen LogP contribution in [0.5, 0.6) is 0 Å². The number of aryl methyl sites for hydroxylation is 1. The fourth-order valence-corrected chi connectivity index (χ4v) is 4.04. The molecule has 0 spiro atoms. The van der Waals surface area contributed by atoms with Gasteiger partial charge in [-0.15, -0.1) is 0 Å². The molecule has 144 valence electrons. The first-order chi connectivity index (χ1) is 13.1. The predicted molar refractivity (Wildman–Crippen MR) is 102 cm³/mol. The molecule has 0 unspecified atom stereocenters. The summed E-state index contributed by atoms with van der Waals surface area (Å²) in [6, 6.07) is 0.280. The normalized spacial score (nSPS) is 21.0. The number of rotatable bonds is 4. The van der Waals surface area contributed by atoms with E-state index < -0.39 is 0 Å². The summed E-state index contributed by atoms with van der Waals surface area (Å²) in [5.74, 6) is 1.96. The van der Waals surface area contributed by atoms with Gasteiger partial charge < -0.3 is 14.8 Å². The number of carbonyl (C=O) groups is 1. The standard InChI is InChI=1S/C20H28N6O/c1-14(12-25-10-8-21-15(25)2)20(27)26-9-6-17-16(13-26)11-23-19(24-17)18-5-3-4-7-22-18/h8,10-11,14,18,22H,3-7,9,12-13H2,1-2H3/t14-,18+/m0/s1. The Kier molecular flexibility index (Phi) is 5.20. The number of carbonyl (C=O) groups excluding carboxylic acids is 1. The van der Waals surface area contributed by atoms with Gasteiger partial charge in [-0.25, -0.2) is 15.0 Å². The van der Waals surface area contributed by atoms with Gasteiger partial charge in [0.05, 0.1) is 17.7 Å². The summed E-state index contributed by atoms with van der Waals surface area (Å²) in [4.78, 5) is 28.5. The Labute approximate surface area is 160 Å². The number of imidazole rings is 1. The van der Waals surface area contributed by atoms with E-state index >= 15 is 0 Å². The van der Waals surface area contributed by atoms with Crippen LogP contribution in [0.3, 0.4) is 0 Å². The van der Waals surface area contributed by atoms with Crippen LogP contribution < -0.4 is 5.32 Å². The van der Waals surface area contributed by atoms with E-state index in [1.54, 1.807) is 6.20 Å². The van der Waals surface area contributed by atoms with Gasteiger partial charge in [-0.2, -0.15) is 0 Å². The Bertz CT molecular complexity index is 811. The van der Waals surface area contributed by atoms with Gasteiger partial charge in [0, 0.05) is 50.2 Å². The number of amides is 1. The number of aromatic nitrogens is 4. The maximum absolute atomic E-state index is 12.9. The van der Waals surface area contributed by atoms with Crippen LogP contribution in [0.4, 0.5) is 0 Å². The molecule has 27 heavy (non-hydrogen) atoms. The molecule has 1 fully saturated rings. The first kappa shape index (κ1) is 18.1. The zero-order valence-corrected chi connectivity index (χ0v) is 16.2. The monoisotopic (exact) mass is 368 g/mol. The second-order valence-electron chi connectivity index (χ2n) is 7.74. The van der Waals surface area contributed by atoms with E-state index in [0.29, 0.717) is 13.1 Å². The highest BCUT2D eigenvalue weighted by Gasteiger charge is 2.27. The molecule has 1 N–H and O–H groups in total. The number of hydrogen-bond donors (Lipinski definition) is 1. The summed E-state index contributed by atoms with van der Waals surface area (Å²) in [7, 11) is 0. The number of hydrogen-bond acceptors (Lipinski definition) is 5. The Balaban J connectivity index is 1.41. The molecule has 4 heterocycles. The van der Waals surface area contributed by atoms with Crippen molar-refractivity contribution >= 4 is 5.91 Å². The second kappa shape index (κ2) is 7.76. The summed E-state index contributed by atoms with van der Waals surface area (Å²) in [6.45, 7) is 7.00. The van der Waals surface area contributed by atoms with Gasteiger partial charge in [-0.1, -0.05) is 13.3 Å². The van der Waals surface area contributed by atoms with Crippen molar-refractivity contribution in [3.8, 4) is 0 Å².